The number of carbonyl (C=O) groups is 1. The largest absolute Gasteiger partial charge is 0.484 e. The number of nitrogens with zero attached hydrogens (tertiary/aromatic N) is 3. The van der Waals surface area contributed by atoms with Crippen LogP contribution in [0.15, 0.2) is 57.0 Å². The maximum Gasteiger partial charge on any atom is 0.281 e. The van der Waals surface area contributed by atoms with E-state index < -0.39 is 4.92 Å². The average molecular weight is 406 g/mol. The van der Waals surface area contributed by atoms with Crippen molar-refractivity contribution in [1.29, 1.82) is 0 Å². The molecule has 0 N–H and O–H groups in total. The highest BCUT2D eigenvalue weighted by Crippen LogP contribution is 2.32. The molecule has 0 bridgehead atoms. The van der Waals surface area contributed by atoms with Crippen LogP contribution in [0.1, 0.15) is 23.2 Å². The van der Waals surface area contributed by atoms with Gasteiger partial charge in [-0.05, 0) is 49.0 Å². The molecule has 0 aliphatic heterocycles. The number of carbonyl (C=O) groups excluding carboxylic acids is 1. The van der Waals surface area contributed by atoms with Crippen molar-refractivity contribution >= 4 is 34.8 Å². The normalized spacial score (nSPS) is 10.6. The topological polar surface area (TPSA) is 108 Å². The van der Waals surface area contributed by atoms with Gasteiger partial charge in [-0.3, -0.25) is 14.9 Å². The zero-order chi connectivity index (χ0) is 19.4. The van der Waals surface area contributed by atoms with Crippen molar-refractivity contribution in [2.75, 3.05) is 0 Å². The third-order valence-corrected chi connectivity index (χ3v) is 4.54. The van der Waals surface area contributed by atoms with Gasteiger partial charge in [0.05, 0.1) is 4.92 Å². The van der Waals surface area contributed by atoms with Crippen molar-refractivity contribution in [3.05, 3.63) is 69.1 Å². The average Bonchev–Trinajstić information content (AvgIpc) is 3.08. The number of aromatic nitrogens is 2. The van der Waals surface area contributed by atoms with E-state index in [2.05, 4.69) is 10.2 Å². The third kappa shape index (κ3) is 4.83. The number of nitro groups is 1. The van der Waals surface area contributed by atoms with Gasteiger partial charge in [0.1, 0.15) is 5.75 Å². The zero-order valence-electron chi connectivity index (χ0n) is 13.9. The molecular weight excluding hydrogens is 394 g/mol. The van der Waals surface area contributed by atoms with Gasteiger partial charge < -0.3 is 9.15 Å². The summed E-state index contributed by atoms with van der Waals surface area (Å²) < 4.78 is 11.0. The Morgan fingerprint density at radius 2 is 2.00 bits per heavy atom. The number of hydrogen-bond donors (Lipinski definition) is 0. The summed E-state index contributed by atoms with van der Waals surface area (Å²) in [5, 5.41) is 19.5. The summed E-state index contributed by atoms with van der Waals surface area (Å²) in [5.41, 5.74) is 0.0542. The van der Waals surface area contributed by atoms with Crippen LogP contribution in [0.5, 0.6) is 5.75 Å². The molecule has 0 radical (unpaired) electrons. The second-order valence-corrected chi connectivity index (χ2v) is 6.73. The first-order valence-electron chi connectivity index (χ1n) is 7.60. The first kappa shape index (κ1) is 18.9. The van der Waals surface area contributed by atoms with E-state index in [4.69, 9.17) is 20.8 Å². The van der Waals surface area contributed by atoms with Crippen LogP contribution in [0.25, 0.3) is 0 Å². The standard InChI is InChI=1S/C17H12ClN3O5S/c1-10(22)14-8-12(21(23)24)4-7-15(14)27-17-20-19-16(26-17)9-25-13-5-2-11(18)3-6-13/h2-8H,9H2,1H3. The van der Waals surface area contributed by atoms with Gasteiger partial charge in [0.25, 0.3) is 16.8 Å². The predicted molar refractivity (Wildman–Crippen MR) is 97.3 cm³/mol. The summed E-state index contributed by atoms with van der Waals surface area (Å²) in [7, 11) is 0. The smallest absolute Gasteiger partial charge is 0.281 e. The number of nitro benzene ring substituents is 1. The van der Waals surface area contributed by atoms with Crippen molar-refractivity contribution < 1.29 is 18.9 Å². The molecule has 0 atom stereocenters. The molecule has 138 valence electrons. The SMILES string of the molecule is CC(=O)c1cc([N+](=O)[O-])ccc1Sc1nnc(COc2ccc(Cl)cc2)o1. The molecule has 0 saturated carbocycles. The highest BCUT2D eigenvalue weighted by molar-refractivity contribution is 7.99. The Labute approximate surface area is 162 Å². The lowest BCUT2D eigenvalue weighted by atomic mass is 10.1. The maximum atomic E-state index is 11.8. The lowest BCUT2D eigenvalue weighted by Crippen LogP contribution is -1.98. The Bertz CT molecular complexity index is 990. The van der Waals surface area contributed by atoms with Gasteiger partial charge in [-0.2, -0.15) is 0 Å². The van der Waals surface area contributed by atoms with Crippen LogP contribution in [0, 0.1) is 10.1 Å². The number of benzene rings is 2. The minimum absolute atomic E-state index is 0.0645. The van der Waals surface area contributed by atoms with E-state index in [9.17, 15) is 14.9 Å². The fraction of sp³-hybridized carbons (Fsp3) is 0.118. The first-order chi connectivity index (χ1) is 12.9. The van der Waals surface area contributed by atoms with E-state index in [0.29, 0.717) is 15.7 Å². The minimum atomic E-state index is -0.556. The Morgan fingerprint density at radius 3 is 2.67 bits per heavy atom. The Kier molecular flexibility index (Phi) is 5.72. The van der Waals surface area contributed by atoms with Crippen molar-refractivity contribution in [2.24, 2.45) is 0 Å². The van der Waals surface area contributed by atoms with Crippen LogP contribution < -0.4 is 4.74 Å². The summed E-state index contributed by atoms with van der Waals surface area (Å²) in [6, 6.07) is 10.8. The van der Waals surface area contributed by atoms with Crippen LogP contribution in [-0.2, 0) is 6.61 Å². The molecule has 0 fully saturated rings. The van der Waals surface area contributed by atoms with E-state index in [-0.39, 0.29) is 34.8 Å². The van der Waals surface area contributed by atoms with Gasteiger partial charge >= 0.3 is 0 Å². The van der Waals surface area contributed by atoms with Gasteiger partial charge in [0.15, 0.2) is 12.4 Å². The molecule has 10 heteroatoms. The van der Waals surface area contributed by atoms with Crippen LogP contribution in [0.4, 0.5) is 5.69 Å². The molecular formula is C17H12ClN3O5S. The summed E-state index contributed by atoms with van der Waals surface area (Å²) in [6.45, 7) is 1.40. The third-order valence-electron chi connectivity index (χ3n) is 3.37. The minimum Gasteiger partial charge on any atom is -0.484 e. The van der Waals surface area contributed by atoms with Crippen molar-refractivity contribution in [3.63, 3.8) is 0 Å². The molecule has 0 aliphatic rings. The van der Waals surface area contributed by atoms with Crippen LogP contribution in [-0.4, -0.2) is 20.9 Å². The predicted octanol–water partition coefficient (Wildman–Crippen LogP) is 4.56. The Morgan fingerprint density at radius 1 is 1.26 bits per heavy atom. The fourth-order valence-corrected chi connectivity index (χ4v) is 3.09. The van der Waals surface area contributed by atoms with Crippen LogP contribution >= 0.6 is 23.4 Å². The molecule has 1 aromatic heterocycles. The molecule has 3 rings (SSSR count). The summed E-state index contributed by atoms with van der Waals surface area (Å²) >= 11 is 6.86. The number of Topliss-reactive ketones (excluding diaryl/α,β-unsaturated/α-hetero) is 1. The second-order valence-electron chi connectivity index (χ2n) is 5.30. The summed E-state index contributed by atoms with van der Waals surface area (Å²) in [6.07, 6.45) is 0. The van der Waals surface area contributed by atoms with Crippen LogP contribution in [0.3, 0.4) is 0 Å². The summed E-state index contributed by atoms with van der Waals surface area (Å²) in [5.74, 6) is 0.548. The fourth-order valence-electron chi connectivity index (χ4n) is 2.10. The van der Waals surface area contributed by atoms with Gasteiger partial charge in [0.2, 0.25) is 0 Å². The second kappa shape index (κ2) is 8.19. The number of ketones is 1. The number of ether oxygens (including phenoxy) is 1. The first-order valence-corrected chi connectivity index (χ1v) is 8.80. The Balaban J connectivity index is 1.71. The number of non-ortho nitro benzene ring substituents is 1. The molecule has 0 unspecified atom stereocenters. The highest BCUT2D eigenvalue weighted by atomic mass is 35.5. The molecule has 8 nitrogen and oxygen atoms in total. The van der Waals surface area contributed by atoms with E-state index in [1.165, 1.54) is 25.1 Å². The Hall–Kier alpha value is -2.91. The molecule has 0 spiro atoms. The molecule has 0 saturated heterocycles. The van der Waals surface area contributed by atoms with Gasteiger partial charge in [-0.15, -0.1) is 10.2 Å². The quantitative estimate of drug-likeness (QED) is 0.319. The van der Waals surface area contributed by atoms with E-state index in [1.54, 1.807) is 24.3 Å². The summed E-state index contributed by atoms with van der Waals surface area (Å²) in [4.78, 5) is 22.6. The van der Waals surface area contributed by atoms with Gasteiger partial charge in [0, 0.05) is 27.6 Å². The van der Waals surface area contributed by atoms with E-state index in [0.717, 1.165) is 11.8 Å². The van der Waals surface area contributed by atoms with E-state index >= 15 is 0 Å². The van der Waals surface area contributed by atoms with Crippen molar-refractivity contribution in [2.45, 2.75) is 23.6 Å². The monoisotopic (exact) mass is 405 g/mol. The molecule has 1 heterocycles. The number of rotatable bonds is 7. The highest BCUT2D eigenvalue weighted by Gasteiger charge is 2.17. The van der Waals surface area contributed by atoms with Crippen molar-refractivity contribution in [3.8, 4) is 5.75 Å². The molecule has 3 aromatic rings. The molecule has 27 heavy (non-hydrogen) atoms. The van der Waals surface area contributed by atoms with Gasteiger partial charge in [-0.25, -0.2) is 0 Å². The van der Waals surface area contributed by atoms with E-state index in [1.807, 2.05) is 0 Å². The van der Waals surface area contributed by atoms with Crippen molar-refractivity contribution in [1.82, 2.24) is 10.2 Å². The number of hydrogen-bond acceptors (Lipinski definition) is 8. The zero-order valence-corrected chi connectivity index (χ0v) is 15.5. The maximum absolute atomic E-state index is 11.8. The van der Waals surface area contributed by atoms with Gasteiger partial charge in [-0.1, -0.05) is 11.6 Å². The lowest BCUT2D eigenvalue weighted by Gasteiger charge is -2.04. The molecule has 0 aliphatic carbocycles. The number of halogens is 1. The molecule has 2 aromatic carbocycles. The lowest BCUT2D eigenvalue weighted by molar-refractivity contribution is -0.384. The van der Waals surface area contributed by atoms with Crippen LogP contribution in [0.2, 0.25) is 5.02 Å². The molecule has 0 amide bonds.